The summed E-state index contributed by atoms with van der Waals surface area (Å²) in [6.07, 6.45) is 0. The first-order chi connectivity index (χ1) is 10.8. The second-order valence-corrected chi connectivity index (χ2v) is 4.65. The van der Waals surface area contributed by atoms with Crippen molar-refractivity contribution in [3.63, 3.8) is 0 Å². The van der Waals surface area contributed by atoms with E-state index in [2.05, 4.69) is 0 Å². The molecule has 0 aliphatic heterocycles. The van der Waals surface area contributed by atoms with E-state index >= 15 is 0 Å². The fourth-order valence-corrected chi connectivity index (χ4v) is 1.97. The summed E-state index contributed by atoms with van der Waals surface area (Å²) in [6, 6.07) is 7.05. The van der Waals surface area contributed by atoms with Gasteiger partial charge < -0.3 is 0 Å². The maximum absolute atomic E-state index is 13.7. The summed E-state index contributed by atoms with van der Waals surface area (Å²) in [5.41, 5.74) is -0.928. The van der Waals surface area contributed by atoms with Crippen LogP contribution in [0.5, 0.6) is 0 Å². The third kappa shape index (κ3) is 2.84. The molecule has 122 valence electrons. The van der Waals surface area contributed by atoms with Crippen molar-refractivity contribution in [1.82, 2.24) is 0 Å². The summed E-state index contributed by atoms with van der Waals surface area (Å²) < 4.78 is 67.0. The van der Waals surface area contributed by atoms with Crippen molar-refractivity contribution in [1.29, 1.82) is 0 Å². The molecule has 0 aliphatic carbocycles. The molecular weight excluding hydrogens is 319 g/mol. The molecule has 0 radical (unpaired) electrons. The van der Waals surface area contributed by atoms with Gasteiger partial charge in [0.25, 0.3) is 0 Å². The molecule has 0 saturated heterocycles. The molecule has 0 aliphatic rings. The second-order valence-electron chi connectivity index (χ2n) is 4.65. The number of amides is 2. The van der Waals surface area contributed by atoms with Gasteiger partial charge in [-0.05, 0) is 12.1 Å². The largest absolute Gasteiger partial charge is 0.328 e. The van der Waals surface area contributed by atoms with Gasteiger partial charge in [-0.2, -0.15) is 0 Å². The van der Waals surface area contributed by atoms with Gasteiger partial charge in [0.15, 0.2) is 23.3 Å². The predicted octanol–water partition coefficient (Wildman–Crippen LogP) is 4.07. The van der Waals surface area contributed by atoms with Gasteiger partial charge in [-0.25, -0.2) is 26.7 Å². The molecule has 0 bridgehead atoms. The molecule has 2 amide bonds. The average molecular weight is 330 g/mol. The highest BCUT2D eigenvalue weighted by atomic mass is 19.2. The highest BCUT2D eigenvalue weighted by Crippen LogP contribution is 2.30. The zero-order valence-corrected chi connectivity index (χ0v) is 12.1. The summed E-state index contributed by atoms with van der Waals surface area (Å²) in [7, 11) is 2.22. The quantitative estimate of drug-likeness (QED) is 0.462. The van der Waals surface area contributed by atoms with E-state index in [9.17, 15) is 26.7 Å². The van der Waals surface area contributed by atoms with Crippen molar-refractivity contribution in [2.24, 2.45) is 0 Å². The molecular formula is C15H11F5N2O. The van der Waals surface area contributed by atoms with Crippen LogP contribution in [0, 0.1) is 29.1 Å². The van der Waals surface area contributed by atoms with E-state index < -0.39 is 40.8 Å². The Kier molecular flexibility index (Phi) is 4.53. The van der Waals surface area contributed by atoms with Crippen LogP contribution in [0.1, 0.15) is 0 Å². The molecule has 23 heavy (non-hydrogen) atoms. The molecule has 0 atom stereocenters. The maximum atomic E-state index is 13.7. The van der Waals surface area contributed by atoms with Crippen molar-refractivity contribution >= 4 is 17.4 Å². The Morgan fingerprint density at radius 1 is 0.739 bits per heavy atom. The summed E-state index contributed by atoms with van der Waals surface area (Å²) in [4.78, 5) is 13.6. The molecule has 0 spiro atoms. The minimum absolute atomic E-state index is 0.364. The van der Waals surface area contributed by atoms with Crippen molar-refractivity contribution in [2.45, 2.75) is 0 Å². The molecule has 8 heteroatoms. The number of benzene rings is 2. The third-order valence-electron chi connectivity index (χ3n) is 3.24. The van der Waals surface area contributed by atoms with Crippen LogP contribution in [0.3, 0.4) is 0 Å². The number of rotatable bonds is 2. The lowest BCUT2D eigenvalue weighted by Gasteiger charge is -2.25. The van der Waals surface area contributed by atoms with Gasteiger partial charge in [0.1, 0.15) is 5.69 Å². The van der Waals surface area contributed by atoms with Gasteiger partial charge in [-0.15, -0.1) is 0 Å². The number of urea groups is 1. The summed E-state index contributed by atoms with van der Waals surface area (Å²) in [6.45, 7) is 0. The highest BCUT2D eigenvalue weighted by Gasteiger charge is 2.31. The van der Waals surface area contributed by atoms with Gasteiger partial charge in [-0.1, -0.05) is 18.2 Å². The van der Waals surface area contributed by atoms with Crippen LogP contribution in [-0.4, -0.2) is 20.1 Å². The van der Waals surface area contributed by atoms with Crippen molar-refractivity contribution in [3.05, 3.63) is 59.4 Å². The number of halogens is 5. The van der Waals surface area contributed by atoms with E-state index in [1.807, 2.05) is 0 Å². The number of hydrogen-bond donors (Lipinski definition) is 0. The first-order valence-corrected chi connectivity index (χ1v) is 6.35. The molecule has 3 nitrogen and oxygen atoms in total. The summed E-state index contributed by atoms with van der Waals surface area (Å²) in [5.74, 6) is -10.6. The number of carbonyl (C=O) groups is 1. The molecule has 0 fully saturated rings. The van der Waals surface area contributed by atoms with Gasteiger partial charge >= 0.3 is 6.03 Å². The minimum Gasteiger partial charge on any atom is -0.297 e. The molecule has 2 rings (SSSR count). The lowest BCUT2D eigenvalue weighted by atomic mass is 10.2. The minimum atomic E-state index is -2.28. The SMILES string of the molecule is CN(C(=O)N(C)c1c(F)c(F)c(F)c(F)c1F)c1ccccc1. The van der Waals surface area contributed by atoms with Crippen LogP contribution in [-0.2, 0) is 0 Å². The fraction of sp³-hybridized carbons (Fsp3) is 0.133. The van der Waals surface area contributed by atoms with Gasteiger partial charge in [-0.3, -0.25) is 9.80 Å². The molecule has 0 saturated carbocycles. The number of nitrogens with zero attached hydrogens (tertiary/aromatic N) is 2. The van der Waals surface area contributed by atoms with Crippen LogP contribution < -0.4 is 9.80 Å². The monoisotopic (exact) mass is 330 g/mol. The number of anilines is 2. The lowest BCUT2D eigenvalue weighted by molar-refractivity contribution is 0.253. The standard InChI is InChI=1S/C15H11F5N2O/c1-21(8-6-4-3-5-7-8)15(23)22(2)14-12(19)10(17)9(16)11(18)13(14)20/h3-7H,1-2H3. The second kappa shape index (κ2) is 6.23. The van der Waals surface area contributed by atoms with Crippen LogP contribution in [0.4, 0.5) is 38.1 Å². The molecule has 0 aromatic heterocycles. The van der Waals surface area contributed by atoms with Gasteiger partial charge in [0, 0.05) is 19.8 Å². The summed E-state index contributed by atoms with van der Waals surface area (Å²) >= 11 is 0. The Labute approximate surface area is 128 Å². The zero-order valence-electron chi connectivity index (χ0n) is 12.1. The van der Waals surface area contributed by atoms with Crippen LogP contribution in [0.15, 0.2) is 30.3 Å². The van der Waals surface area contributed by atoms with E-state index in [1.54, 1.807) is 30.3 Å². The predicted molar refractivity (Wildman–Crippen MR) is 74.9 cm³/mol. The third-order valence-corrected chi connectivity index (χ3v) is 3.24. The fourth-order valence-electron chi connectivity index (χ4n) is 1.97. The number of carbonyl (C=O) groups excluding carboxylic acids is 1. The Morgan fingerprint density at radius 3 is 1.65 bits per heavy atom. The maximum Gasteiger partial charge on any atom is 0.328 e. The van der Waals surface area contributed by atoms with Crippen molar-refractivity contribution < 1.29 is 26.7 Å². The Hall–Kier alpha value is -2.64. The number of para-hydroxylation sites is 1. The first kappa shape index (κ1) is 16.7. The van der Waals surface area contributed by atoms with Crippen molar-refractivity contribution in [2.75, 3.05) is 23.9 Å². The van der Waals surface area contributed by atoms with Crippen LogP contribution in [0.25, 0.3) is 0 Å². The Morgan fingerprint density at radius 2 is 1.17 bits per heavy atom. The molecule has 2 aromatic carbocycles. The number of hydrogen-bond acceptors (Lipinski definition) is 1. The molecule has 2 aromatic rings. The van der Waals surface area contributed by atoms with Gasteiger partial charge in [0.05, 0.1) is 0 Å². The van der Waals surface area contributed by atoms with Crippen LogP contribution in [0.2, 0.25) is 0 Å². The molecule has 0 N–H and O–H groups in total. The van der Waals surface area contributed by atoms with E-state index in [-0.39, 0.29) is 0 Å². The van der Waals surface area contributed by atoms with Crippen LogP contribution >= 0.6 is 0 Å². The Balaban J connectivity index is 2.45. The lowest BCUT2D eigenvalue weighted by Crippen LogP contribution is -2.40. The topological polar surface area (TPSA) is 23.6 Å². The van der Waals surface area contributed by atoms with E-state index in [0.29, 0.717) is 10.6 Å². The van der Waals surface area contributed by atoms with E-state index in [4.69, 9.17) is 0 Å². The van der Waals surface area contributed by atoms with Gasteiger partial charge in [0.2, 0.25) is 5.82 Å². The normalized spacial score (nSPS) is 10.6. The first-order valence-electron chi connectivity index (χ1n) is 6.35. The average Bonchev–Trinajstić information content (AvgIpc) is 2.57. The smallest absolute Gasteiger partial charge is 0.297 e. The zero-order chi connectivity index (χ0) is 17.3. The highest BCUT2D eigenvalue weighted by molar-refractivity contribution is 6.02. The van der Waals surface area contributed by atoms with Crippen molar-refractivity contribution in [3.8, 4) is 0 Å². The van der Waals surface area contributed by atoms with E-state index in [0.717, 1.165) is 11.9 Å². The summed E-state index contributed by atoms with van der Waals surface area (Å²) in [5, 5.41) is 0. The van der Waals surface area contributed by atoms with E-state index in [1.165, 1.54) is 7.05 Å². The molecule has 0 unspecified atom stereocenters. The molecule has 0 heterocycles. The Bertz CT molecular complexity index is 722.